The third kappa shape index (κ3) is 3.49. The molecule has 1 aromatic rings. The first-order chi connectivity index (χ1) is 9.59. The van der Waals surface area contributed by atoms with Gasteiger partial charge in [-0.2, -0.15) is 0 Å². The van der Waals surface area contributed by atoms with Crippen LogP contribution in [-0.2, 0) is 9.53 Å². The molecule has 1 aromatic carbocycles. The Bertz CT molecular complexity index is 500. The fourth-order valence-corrected chi connectivity index (χ4v) is 2.50. The number of nitrogens with one attached hydrogen (secondary N) is 1. The first-order valence-corrected chi connectivity index (χ1v) is 6.83. The highest BCUT2D eigenvalue weighted by Crippen LogP contribution is 2.20. The van der Waals surface area contributed by atoms with E-state index in [2.05, 4.69) is 5.32 Å². The van der Waals surface area contributed by atoms with E-state index in [1.165, 1.54) is 0 Å². The number of halogens is 1. The van der Waals surface area contributed by atoms with Crippen LogP contribution in [0, 0.1) is 5.92 Å². The second-order valence-electron chi connectivity index (χ2n) is 4.75. The molecule has 108 valence electrons. The van der Waals surface area contributed by atoms with Gasteiger partial charge >= 0.3 is 5.97 Å². The van der Waals surface area contributed by atoms with E-state index in [1.54, 1.807) is 24.3 Å². The number of hydrogen-bond donors (Lipinski definition) is 2. The maximum atomic E-state index is 12.1. The fraction of sp³-hybridized carbons (Fsp3) is 0.429. The maximum Gasteiger partial charge on any atom is 0.326 e. The first-order valence-electron chi connectivity index (χ1n) is 6.45. The van der Waals surface area contributed by atoms with Crippen molar-refractivity contribution in [3.63, 3.8) is 0 Å². The van der Waals surface area contributed by atoms with Crippen molar-refractivity contribution in [2.24, 2.45) is 5.92 Å². The Morgan fingerprint density at radius 3 is 2.75 bits per heavy atom. The summed E-state index contributed by atoms with van der Waals surface area (Å²) in [6.45, 7) is 0.987. The lowest BCUT2D eigenvalue weighted by Crippen LogP contribution is -2.48. The molecule has 1 saturated heterocycles. The van der Waals surface area contributed by atoms with Crippen LogP contribution in [0.5, 0.6) is 0 Å². The number of carboxylic acids is 1. The smallest absolute Gasteiger partial charge is 0.326 e. The minimum absolute atomic E-state index is 0.215. The number of benzene rings is 1. The summed E-state index contributed by atoms with van der Waals surface area (Å²) in [5.74, 6) is -1.75. The molecule has 1 aliphatic rings. The van der Waals surface area contributed by atoms with Gasteiger partial charge in [0.2, 0.25) is 0 Å². The molecule has 1 heterocycles. The summed E-state index contributed by atoms with van der Waals surface area (Å²) >= 11 is 5.93. The monoisotopic (exact) mass is 297 g/mol. The normalized spacial score (nSPS) is 20.1. The second kappa shape index (κ2) is 6.72. The molecule has 20 heavy (non-hydrogen) atoms. The van der Waals surface area contributed by atoms with Crippen molar-refractivity contribution in [1.29, 1.82) is 0 Å². The van der Waals surface area contributed by atoms with Crippen LogP contribution in [0.15, 0.2) is 24.3 Å². The Morgan fingerprint density at radius 2 is 2.15 bits per heavy atom. The summed E-state index contributed by atoms with van der Waals surface area (Å²) in [4.78, 5) is 23.5. The lowest BCUT2D eigenvalue weighted by molar-refractivity contribution is -0.142. The Hall–Kier alpha value is -1.59. The Labute approximate surface area is 121 Å². The number of hydrogen-bond acceptors (Lipinski definition) is 3. The summed E-state index contributed by atoms with van der Waals surface area (Å²) in [6, 6.07) is 5.59. The van der Waals surface area contributed by atoms with Gasteiger partial charge in [-0.15, -0.1) is 0 Å². The standard InChI is InChI=1S/C14H16ClNO4/c15-11-6-2-1-5-10(11)13(17)16-12(14(18)19)9-4-3-7-20-8-9/h1-2,5-6,9,12H,3-4,7-8H2,(H,16,17)(H,18,19). The van der Waals surface area contributed by atoms with Crippen LogP contribution in [0.25, 0.3) is 0 Å². The number of carbonyl (C=O) groups excluding carboxylic acids is 1. The van der Waals surface area contributed by atoms with E-state index >= 15 is 0 Å². The van der Waals surface area contributed by atoms with Crippen molar-refractivity contribution >= 4 is 23.5 Å². The van der Waals surface area contributed by atoms with Gasteiger partial charge in [-0.25, -0.2) is 4.79 Å². The quantitative estimate of drug-likeness (QED) is 0.890. The van der Waals surface area contributed by atoms with Crippen molar-refractivity contribution in [2.75, 3.05) is 13.2 Å². The molecule has 2 atom stereocenters. The third-order valence-corrected chi connectivity index (χ3v) is 3.67. The van der Waals surface area contributed by atoms with Gasteiger partial charge in [-0.05, 0) is 25.0 Å². The predicted molar refractivity (Wildman–Crippen MR) is 73.9 cm³/mol. The van der Waals surface area contributed by atoms with Gasteiger partial charge in [0.05, 0.1) is 17.2 Å². The van der Waals surface area contributed by atoms with Crippen LogP contribution in [-0.4, -0.2) is 36.2 Å². The fourth-order valence-electron chi connectivity index (χ4n) is 2.27. The molecule has 2 N–H and O–H groups in total. The molecule has 0 aliphatic carbocycles. The van der Waals surface area contributed by atoms with E-state index in [-0.39, 0.29) is 11.5 Å². The number of ether oxygens (including phenoxy) is 1. The van der Waals surface area contributed by atoms with E-state index in [9.17, 15) is 14.7 Å². The first kappa shape index (κ1) is 14.8. The zero-order valence-corrected chi connectivity index (χ0v) is 11.6. The highest BCUT2D eigenvalue weighted by molar-refractivity contribution is 6.33. The number of amides is 1. The molecule has 2 unspecified atom stereocenters. The highest BCUT2D eigenvalue weighted by atomic mass is 35.5. The lowest BCUT2D eigenvalue weighted by atomic mass is 9.93. The summed E-state index contributed by atoms with van der Waals surface area (Å²) in [5.41, 5.74) is 0.275. The third-order valence-electron chi connectivity index (χ3n) is 3.34. The largest absolute Gasteiger partial charge is 0.480 e. The maximum absolute atomic E-state index is 12.1. The Kier molecular flexibility index (Phi) is 4.98. The molecule has 0 saturated carbocycles. The van der Waals surface area contributed by atoms with Crippen LogP contribution < -0.4 is 5.32 Å². The zero-order valence-electron chi connectivity index (χ0n) is 10.8. The number of carboxylic acid groups (broad SMARTS) is 1. The summed E-state index contributed by atoms with van der Waals surface area (Å²) in [5, 5.41) is 12.1. The number of aliphatic carboxylic acids is 1. The van der Waals surface area contributed by atoms with Crippen molar-refractivity contribution < 1.29 is 19.4 Å². The zero-order chi connectivity index (χ0) is 14.5. The van der Waals surface area contributed by atoms with E-state index in [0.717, 1.165) is 12.8 Å². The van der Waals surface area contributed by atoms with Crippen molar-refractivity contribution in [1.82, 2.24) is 5.32 Å². The molecule has 0 radical (unpaired) electrons. The number of rotatable bonds is 4. The van der Waals surface area contributed by atoms with Crippen molar-refractivity contribution in [3.05, 3.63) is 34.9 Å². The minimum atomic E-state index is -1.05. The highest BCUT2D eigenvalue weighted by Gasteiger charge is 2.31. The van der Waals surface area contributed by atoms with Crippen LogP contribution in [0.4, 0.5) is 0 Å². The summed E-state index contributed by atoms with van der Waals surface area (Å²) < 4.78 is 5.28. The van der Waals surface area contributed by atoms with E-state index < -0.39 is 17.9 Å². The van der Waals surface area contributed by atoms with Gasteiger partial charge in [0.15, 0.2) is 0 Å². The Morgan fingerprint density at radius 1 is 1.40 bits per heavy atom. The van der Waals surface area contributed by atoms with Crippen molar-refractivity contribution in [3.8, 4) is 0 Å². The molecule has 0 aromatic heterocycles. The molecule has 2 rings (SSSR count). The predicted octanol–water partition coefficient (Wildman–Crippen LogP) is 1.95. The summed E-state index contributed by atoms with van der Waals surface area (Å²) in [7, 11) is 0. The van der Waals surface area contributed by atoms with Crippen LogP contribution in [0.1, 0.15) is 23.2 Å². The van der Waals surface area contributed by atoms with E-state index in [1.807, 2.05) is 0 Å². The van der Waals surface area contributed by atoms with Gasteiger partial charge in [0.1, 0.15) is 6.04 Å². The van der Waals surface area contributed by atoms with Crippen LogP contribution in [0.3, 0.4) is 0 Å². The number of carbonyl (C=O) groups is 2. The van der Waals surface area contributed by atoms with Gasteiger partial charge in [-0.3, -0.25) is 4.79 Å². The van der Waals surface area contributed by atoms with Crippen molar-refractivity contribution in [2.45, 2.75) is 18.9 Å². The molecular weight excluding hydrogens is 282 g/mol. The Balaban J connectivity index is 2.10. The molecule has 1 fully saturated rings. The molecule has 0 bridgehead atoms. The molecule has 1 aliphatic heterocycles. The van der Waals surface area contributed by atoms with Gasteiger partial charge < -0.3 is 15.2 Å². The van der Waals surface area contributed by atoms with Gasteiger partial charge in [0, 0.05) is 12.5 Å². The topological polar surface area (TPSA) is 75.6 Å². The van der Waals surface area contributed by atoms with E-state index in [4.69, 9.17) is 16.3 Å². The second-order valence-corrected chi connectivity index (χ2v) is 5.15. The average Bonchev–Trinajstić information content (AvgIpc) is 2.45. The lowest BCUT2D eigenvalue weighted by Gasteiger charge is -2.28. The van der Waals surface area contributed by atoms with Crippen LogP contribution in [0.2, 0.25) is 5.02 Å². The van der Waals surface area contributed by atoms with E-state index in [0.29, 0.717) is 18.2 Å². The molecule has 6 heteroatoms. The SMILES string of the molecule is O=C(NC(C(=O)O)C1CCCOC1)c1ccccc1Cl. The van der Waals surface area contributed by atoms with Gasteiger partial charge in [-0.1, -0.05) is 23.7 Å². The molecule has 0 spiro atoms. The molecular formula is C14H16ClNO4. The molecule has 5 nitrogen and oxygen atoms in total. The summed E-state index contributed by atoms with van der Waals surface area (Å²) in [6.07, 6.45) is 1.52. The van der Waals surface area contributed by atoms with Gasteiger partial charge in [0.25, 0.3) is 5.91 Å². The molecule has 1 amide bonds. The minimum Gasteiger partial charge on any atom is -0.480 e. The van der Waals surface area contributed by atoms with Crippen LogP contribution >= 0.6 is 11.6 Å². The average molecular weight is 298 g/mol.